The molecule has 2 aliphatic heterocycles. The minimum absolute atomic E-state index is 0.0325. The highest BCUT2D eigenvalue weighted by Crippen LogP contribution is 2.40. The molecule has 1 aromatic heterocycles. The fourth-order valence-corrected chi connectivity index (χ4v) is 5.56. The van der Waals surface area contributed by atoms with Crippen molar-refractivity contribution < 1.29 is 33.9 Å². The van der Waals surface area contributed by atoms with Crippen LogP contribution in [0, 0.1) is 0 Å². The Balaban J connectivity index is 1.50. The number of aromatic nitrogens is 2. The number of anilines is 1. The van der Waals surface area contributed by atoms with Gasteiger partial charge in [-0.25, -0.2) is 9.59 Å². The van der Waals surface area contributed by atoms with Crippen molar-refractivity contribution in [3.63, 3.8) is 0 Å². The van der Waals surface area contributed by atoms with Crippen LogP contribution in [0.25, 0.3) is 0 Å². The maximum atomic E-state index is 13.0. The van der Waals surface area contributed by atoms with Gasteiger partial charge in [-0.3, -0.25) is 14.5 Å². The molecule has 34 heavy (non-hydrogen) atoms. The number of carboxylic acids is 1. The number of nitrogens with one attached hydrogen (secondary N) is 1. The number of nitrogens with zero attached hydrogens (tertiary/aromatic N) is 4. The summed E-state index contributed by atoms with van der Waals surface area (Å²) in [7, 11) is 0. The first kappa shape index (κ1) is 23.7. The maximum Gasteiger partial charge on any atom is 0.404 e. The van der Waals surface area contributed by atoms with E-state index >= 15 is 0 Å². The highest BCUT2D eigenvalue weighted by Gasteiger charge is 2.54. The lowest BCUT2D eigenvalue weighted by Crippen LogP contribution is -2.71. The number of nitrogen functional groups attached to an aromatic ring is 1. The van der Waals surface area contributed by atoms with E-state index in [4.69, 9.17) is 21.0 Å². The Labute approximate surface area is 200 Å². The molecule has 0 spiro atoms. The fraction of sp³-hybridized carbons (Fsp3) is 0.500. The molecule has 1 unspecified atom stereocenters. The topological polar surface area (TPSA) is 212 Å². The molecule has 2 atom stereocenters. The second-order valence-electron chi connectivity index (χ2n) is 7.63. The van der Waals surface area contributed by atoms with E-state index in [0.717, 1.165) is 42.1 Å². The van der Waals surface area contributed by atoms with Gasteiger partial charge in [0.15, 0.2) is 5.13 Å². The molecule has 16 heteroatoms. The van der Waals surface area contributed by atoms with Gasteiger partial charge in [-0.2, -0.15) is 9.36 Å². The molecule has 14 nitrogen and oxygen atoms in total. The molecule has 182 valence electrons. The summed E-state index contributed by atoms with van der Waals surface area (Å²) in [6, 6.07) is -1.02. The fourth-order valence-electron chi connectivity index (χ4n) is 3.80. The van der Waals surface area contributed by atoms with Crippen molar-refractivity contribution in [2.75, 3.05) is 18.1 Å². The predicted molar refractivity (Wildman–Crippen MR) is 119 cm³/mol. The van der Waals surface area contributed by atoms with E-state index in [1.165, 1.54) is 11.8 Å². The highest BCUT2D eigenvalue weighted by molar-refractivity contribution is 8.00. The van der Waals surface area contributed by atoms with Gasteiger partial charge in [0.2, 0.25) is 11.5 Å². The van der Waals surface area contributed by atoms with Crippen LogP contribution in [0.1, 0.15) is 31.5 Å². The van der Waals surface area contributed by atoms with Crippen molar-refractivity contribution in [1.82, 2.24) is 19.6 Å². The third-order valence-electron chi connectivity index (χ3n) is 5.39. The molecule has 1 aliphatic carbocycles. The number of hydrogen-bond acceptors (Lipinski definition) is 12. The van der Waals surface area contributed by atoms with Crippen molar-refractivity contribution in [3.8, 4) is 0 Å². The minimum Gasteiger partial charge on any atom is -0.477 e. The first-order valence-electron chi connectivity index (χ1n) is 10.2. The van der Waals surface area contributed by atoms with Crippen molar-refractivity contribution in [1.29, 1.82) is 0 Å². The summed E-state index contributed by atoms with van der Waals surface area (Å²) in [6.07, 6.45) is 2.43. The number of ether oxygens (including phenoxy) is 1. The average Bonchev–Trinajstić information content (AvgIpc) is 3.47. The Hall–Kier alpha value is -3.40. The van der Waals surface area contributed by atoms with Crippen LogP contribution in [0.2, 0.25) is 0 Å². The first-order chi connectivity index (χ1) is 16.3. The number of rotatable bonds is 8. The summed E-state index contributed by atoms with van der Waals surface area (Å²) in [5.74, 6) is -2.62. The minimum atomic E-state index is -1.36. The average molecular weight is 512 g/mol. The summed E-state index contributed by atoms with van der Waals surface area (Å²) >= 11 is 2.09. The van der Waals surface area contributed by atoms with Crippen molar-refractivity contribution in [3.05, 3.63) is 17.1 Å². The molecule has 0 aromatic carbocycles. The van der Waals surface area contributed by atoms with Crippen LogP contribution >= 0.6 is 23.3 Å². The molecule has 3 aliphatic rings. The summed E-state index contributed by atoms with van der Waals surface area (Å²) in [5.41, 5.74) is 10.3. The monoisotopic (exact) mass is 511 g/mol. The summed E-state index contributed by atoms with van der Waals surface area (Å²) in [4.78, 5) is 59.0. The van der Waals surface area contributed by atoms with E-state index in [9.17, 15) is 24.3 Å². The molecule has 1 aromatic rings. The molecule has 1 saturated heterocycles. The van der Waals surface area contributed by atoms with Gasteiger partial charge in [0.25, 0.3) is 11.8 Å². The summed E-state index contributed by atoms with van der Waals surface area (Å²) in [6.45, 7) is -0.357. The lowest BCUT2D eigenvalue weighted by Gasteiger charge is -2.49. The number of fused-ring (bicyclic) bond motifs is 1. The normalized spacial score (nSPS) is 22.8. The Morgan fingerprint density at radius 2 is 2.03 bits per heavy atom. The second kappa shape index (κ2) is 9.84. The van der Waals surface area contributed by atoms with Crippen LogP contribution < -0.4 is 16.8 Å². The van der Waals surface area contributed by atoms with E-state index in [0.29, 0.717) is 0 Å². The van der Waals surface area contributed by atoms with Crippen molar-refractivity contribution in [2.24, 2.45) is 10.9 Å². The molecule has 0 bridgehead atoms. The zero-order valence-electron chi connectivity index (χ0n) is 17.6. The molecule has 1 saturated carbocycles. The Morgan fingerprint density at radius 3 is 2.65 bits per heavy atom. The van der Waals surface area contributed by atoms with Gasteiger partial charge in [0, 0.05) is 22.9 Å². The number of carbonyl (C=O) groups is 4. The number of hydrogen-bond donors (Lipinski definition) is 4. The molecule has 0 radical (unpaired) electrons. The van der Waals surface area contributed by atoms with E-state index in [1.807, 2.05) is 0 Å². The van der Waals surface area contributed by atoms with Crippen LogP contribution in [0.5, 0.6) is 0 Å². The largest absolute Gasteiger partial charge is 0.477 e. The number of nitrogens with two attached hydrogens (primary N) is 2. The summed E-state index contributed by atoms with van der Waals surface area (Å²) < 4.78 is 8.70. The molecule has 3 amide bonds. The Morgan fingerprint density at radius 1 is 1.29 bits per heavy atom. The summed E-state index contributed by atoms with van der Waals surface area (Å²) in [5, 5.41) is 15.6. The third kappa shape index (κ3) is 4.77. The van der Waals surface area contributed by atoms with E-state index in [1.54, 1.807) is 0 Å². The molecule has 6 N–H and O–H groups in total. The van der Waals surface area contributed by atoms with Crippen LogP contribution in [-0.2, 0) is 24.0 Å². The lowest BCUT2D eigenvalue weighted by atomic mass is 10.0. The van der Waals surface area contributed by atoms with Gasteiger partial charge >= 0.3 is 12.1 Å². The van der Waals surface area contributed by atoms with Gasteiger partial charge in [-0.05, 0) is 25.7 Å². The molecular formula is C18H21N7O7S2. The zero-order chi connectivity index (χ0) is 24.4. The second-order valence-corrected chi connectivity index (χ2v) is 9.52. The first-order valence-corrected chi connectivity index (χ1v) is 12.0. The number of aliphatic carboxylic acids is 1. The Kier molecular flexibility index (Phi) is 6.87. The number of amides is 3. The van der Waals surface area contributed by atoms with Gasteiger partial charge < -0.3 is 31.5 Å². The van der Waals surface area contributed by atoms with Crippen molar-refractivity contribution >= 4 is 58.0 Å². The number of oxime groups is 1. The van der Waals surface area contributed by atoms with E-state index in [2.05, 4.69) is 19.8 Å². The molecular weight excluding hydrogens is 490 g/mol. The smallest absolute Gasteiger partial charge is 0.404 e. The predicted octanol–water partition coefficient (Wildman–Crippen LogP) is -0.382. The molecule has 3 heterocycles. The van der Waals surface area contributed by atoms with Crippen molar-refractivity contribution in [2.45, 2.75) is 43.2 Å². The maximum absolute atomic E-state index is 13.0. The van der Waals surface area contributed by atoms with Gasteiger partial charge in [0.05, 0.1) is 0 Å². The highest BCUT2D eigenvalue weighted by atomic mass is 32.2. The van der Waals surface area contributed by atoms with Gasteiger partial charge in [0.1, 0.15) is 29.8 Å². The SMILES string of the molecule is NC(=O)OCC1=C(C(=O)O)N2C(=O)C(NC(=O)C(=NOC3CCCC3)c3nsc(N)n3)[C@@H]2SC1. The van der Waals surface area contributed by atoms with Crippen LogP contribution in [-0.4, -0.2) is 78.8 Å². The number of β-lactam (4-membered cyclic amide) rings is 1. The Bertz CT molecular complexity index is 1080. The number of thioether (sulfide) groups is 1. The zero-order valence-corrected chi connectivity index (χ0v) is 19.3. The molecule has 4 rings (SSSR count). The van der Waals surface area contributed by atoms with Gasteiger partial charge in [-0.1, -0.05) is 5.16 Å². The number of primary amides is 1. The number of carboxylic acid groups (broad SMARTS) is 1. The standard InChI is InChI=1S/C18H21N7O7S2/c19-17-22-12(24-34-17)9(23-32-8-3-1-2-4-8)13(26)21-10-14(27)25-11(16(28)29)7(5-31-18(20)30)6-33-15(10)25/h8,10,15H,1-6H2,(H2,20,30)(H,21,26)(H,28,29)(H2,19,22,24)/t10?,15-/m0/s1. The van der Waals surface area contributed by atoms with E-state index in [-0.39, 0.29) is 46.4 Å². The van der Waals surface area contributed by atoms with Gasteiger partial charge in [-0.15, -0.1) is 11.8 Å². The quantitative estimate of drug-likeness (QED) is 0.200. The van der Waals surface area contributed by atoms with Crippen LogP contribution in [0.4, 0.5) is 9.93 Å². The van der Waals surface area contributed by atoms with E-state index < -0.39 is 35.3 Å². The third-order valence-corrected chi connectivity index (χ3v) is 7.27. The van der Waals surface area contributed by atoms with Crippen LogP contribution in [0.3, 0.4) is 0 Å². The molecule has 2 fully saturated rings. The number of carbonyl (C=O) groups excluding carboxylic acids is 3. The lowest BCUT2D eigenvalue weighted by molar-refractivity contribution is -0.150. The van der Waals surface area contributed by atoms with Crippen LogP contribution in [0.15, 0.2) is 16.4 Å².